The number of nitrogens with zero attached hydrogens (tertiary/aromatic N) is 3. The lowest BCUT2D eigenvalue weighted by atomic mass is 10.2. The van der Waals surface area contributed by atoms with Gasteiger partial charge in [0.15, 0.2) is 5.82 Å². The molecule has 5 nitrogen and oxygen atoms in total. The summed E-state index contributed by atoms with van der Waals surface area (Å²) in [5, 5.41) is 6.83. The smallest absolute Gasteiger partial charge is 0.294 e. The van der Waals surface area contributed by atoms with Crippen LogP contribution in [-0.2, 0) is 0 Å². The molecule has 0 unspecified atom stereocenters. The van der Waals surface area contributed by atoms with Crippen LogP contribution in [0.15, 0.2) is 29.1 Å². The molecule has 1 fully saturated rings. The van der Waals surface area contributed by atoms with E-state index in [1.807, 2.05) is 31.2 Å². The summed E-state index contributed by atoms with van der Waals surface area (Å²) in [6.07, 6.45) is 2.45. The van der Waals surface area contributed by atoms with E-state index < -0.39 is 0 Å². The number of hydrogen-bond donors (Lipinski definition) is 1. The van der Waals surface area contributed by atoms with Gasteiger partial charge in [0, 0.05) is 0 Å². The number of hydrogen-bond acceptors (Lipinski definition) is 3. The van der Waals surface area contributed by atoms with Crippen molar-refractivity contribution in [3.8, 4) is 5.69 Å². The van der Waals surface area contributed by atoms with Gasteiger partial charge in [-0.2, -0.15) is 5.10 Å². The van der Waals surface area contributed by atoms with Crippen LogP contribution in [0.1, 0.15) is 37.2 Å². The first-order valence-corrected chi connectivity index (χ1v) is 7.15. The summed E-state index contributed by atoms with van der Waals surface area (Å²) in [5.41, 5.74) is 1.88. The van der Waals surface area contributed by atoms with E-state index in [-0.39, 0.29) is 11.7 Å². The van der Waals surface area contributed by atoms with Gasteiger partial charge in [0.1, 0.15) is 0 Å². The molecule has 1 atom stereocenters. The summed E-state index contributed by atoms with van der Waals surface area (Å²) >= 11 is 0. The molecular formula is C15H20N4O. The summed E-state index contributed by atoms with van der Waals surface area (Å²) in [6, 6.07) is 8.11. The molecular weight excluding hydrogens is 252 g/mol. The van der Waals surface area contributed by atoms with Gasteiger partial charge >= 0.3 is 5.69 Å². The van der Waals surface area contributed by atoms with E-state index in [1.54, 1.807) is 4.57 Å². The largest absolute Gasteiger partial charge is 0.347 e. The minimum atomic E-state index is -0.171. The molecule has 1 saturated heterocycles. The zero-order valence-electron chi connectivity index (χ0n) is 12.0. The second-order valence-corrected chi connectivity index (χ2v) is 5.48. The molecule has 0 spiro atoms. The number of benzene rings is 1. The fraction of sp³-hybridized carbons (Fsp3) is 0.467. The van der Waals surface area contributed by atoms with Crippen LogP contribution >= 0.6 is 0 Å². The van der Waals surface area contributed by atoms with Crippen LogP contribution < -0.4 is 5.69 Å². The molecule has 2 aromatic rings. The van der Waals surface area contributed by atoms with Gasteiger partial charge in [0.25, 0.3) is 0 Å². The van der Waals surface area contributed by atoms with Gasteiger partial charge in [-0.1, -0.05) is 17.7 Å². The lowest BCUT2D eigenvalue weighted by Gasteiger charge is -2.23. The van der Waals surface area contributed by atoms with Crippen LogP contribution in [0.5, 0.6) is 0 Å². The predicted octanol–water partition coefficient (Wildman–Crippen LogP) is 2.03. The van der Waals surface area contributed by atoms with Crippen molar-refractivity contribution in [2.24, 2.45) is 0 Å². The molecule has 1 aromatic heterocycles. The normalized spacial score (nSPS) is 17.5. The van der Waals surface area contributed by atoms with E-state index >= 15 is 0 Å². The second-order valence-electron chi connectivity index (χ2n) is 5.48. The Morgan fingerprint density at radius 2 is 1.85 bits per heavy atom. The molecule has 1 aliphatic rings. The molecule has 0 bridgehead atoms. The number of aromatic amines is 1. The Labute approximate surface area is 118 Å². The van der Waals surface area contributed by atoms with Gasteiger partial charge in [0.05, 0.1) is 11.7 Å². The molecule has 1 aromatic carbocycles. The molecule has 0 amide bonds. The number of nitrogens with one attached hydrogen (secondary N) is 1. The molecule has 20 heavy (non-hydrogen) atoms. The minimum absolute atomic E-state index is 0.151. The lowest BCUT2D eigenvalue weighted by molar-refractivity contribution is 0.251. The van der Waals surface area contributed by atoms with Crippen molar-refractivity contribution < 1.29 is 0 Å². The number of aromatic nitrogens is 3. The molecule has 2 heterocycles. The fourth-order valence-corrected chi connectivity index (χ4v) is 2.82. The molecule has 0 radical (unpaired) electrons. The Morgan fingerprint density at radius 3 is 2.50 bits per heavy atom. The minimum Gasteiger partial charge on any atom is -0.294 e. The molecule has 1 aliphatic heterocycles. The van der Waals surface area contributed by atoms with E-state index in [9.17, 15) is 4.79 Å². The SMILES string of the molecule is Cc1ccc(-n2c([C@H](C)N3CCCC3)n[nH]c2=O)cc1. The number of likely N-dealkylation sites (tertiary alicyclic amines) is 1. The highest BCUT2D eigenvalue weighted by Gasteiger charge is 2.24. The average Bonchev–Trinajstić information content (AvgIpc) is 3.09. The average molecular weight is 272 g/mol. The third-order valence-electron chi connectivity index (χ3n) is 4.05. The third-order valence-corrected chi connectivity index (χ3v) is 4.05. The molecule has 106 valence electrons. The third kappa shape index (κ3) is 2.29. The number of rotatable bonds is 3. The maximum atomic E-state index is 12.1. The predicted molar refractivity (Wildman–Crippen MR) is 78.1 cm³/mol. The summed E-state index contributed by atoms with van der Waals surface area (Å²) in [6.45, 7) is 6.31. The van der Waals surface area contributed by atoms with Crippen molar-refractivity contribution in [2.45, 2.75) is 32.7 Å². The van der Waals surface area contributed by atoms with Crippen molar-refractivity contribution in [3.05, 3.63) is 46.1 Å². The molecule has 1 N–H and O–H groups in total. The summed E-state index contributed by atoms with van der Waals surface area (Å²) in [7, 11) is 0. The Hall–Kier alpha value is -1.88. The van der Waals surface area contributed by atoms with Gasteiger partial charge in [-0.05, 0) is 51.9 Å². The highest BCUT2D eigenvalue weighted by Crippen LogP contribution is 2.23. The van der Waals surface area contributed by atoms with Gasteiger partial charge < -0.3 is 0 Å². The summed E-state index contributed by atoms with van der Waals surface area (Å²) in [5.74, 6) is 0.792. The molecule has 3 rings (SSSR count). The van der Waals surface area contributed by atoms with E-state index in [0.717, 1.165) is 24.6 Å². The van der Waals surface area contributed by atoms with Crippen molar-refractivity contribution in [1.29, 1.82) is 0 Å². The zero-order chi connectivity index (χ0) is 14.1. The molecule has 0 aliphatic carbocycles. The fourth-order valence-electron chi connectivity index (χ4n) is 2.82. The maximum absolute atomic E-state index is 12.1. The van der Waals surface area contributed by atoms with Gasteiger partial charge in [-0.15, -0.1) is 0 Å². The summed E-state index contributed by atoms with van der Waals surface area (Å²) in [4.78, 5) is 14.4. The second kappa shape index (κ2) is 5.25. The Morgan fingerprint density at radius 1 is 1.20 bits per heavy atom. The first-order chi connectivity index (χ1) is 9.66. The van der Waals surface area contributed by atoms with E-state index in [2.05, 4.69) is 22.0 Å². The Balaban J connectivity index is 2.00. The van der Waals surface area contributed by atoms with Crippen molar-refractivity contribution in [2.75, 3.05) is 13.1 Å². The van der Waals surface area contributed by atoms with Crippen LogP contribution in [0, 0.1) is 6.92 Å². The summed E-state index contributed by atoms with van der Waals surface area (Å²) < 4.78 is 1.68. The van der Waals surface area contributed by atoms with E-state index in [0.29, 0.717) is 0 Å². The zero-order valence-corrected chi connectivity index (χ0v) is 12.0. The Bertz CT molecular complexity index is 635. The van der Waals surface area contributed by atoms with Crippen LogP contribution in [0.4, 0.5) is 0 Å². The van der Waals surface area contributed by atoms with Crippen LogP contribution in [0.25, 0.3) is 5.69 Å². The topological polar surface area (TPSA) is 53.9 Å². The number of aryl methyl sites for hydroxylation is 1. The Kier molecular flexibility index (Phi) is 3.44. The highest BCUT2D eigenvalue weighted by molar-refractivity contribution is 5.35. The van der Waals surface area contributed by atoms with Gasteiger partial charge in [-0.3, -0.25) is 4.90 Å². The van der Waals surface area contributed by atoms with Crippen molar-refractivity contribution >= 4 is 0 Å². The van der Waals surface area contributed by atoms with Gasteiger partial charge in [-0.25, -0.2) is 14.5 Å². The number of H-pyrrole nitrogens is 1. The quantitative estimate of drug-likeness (QED) is 0.930. The highest BCUT2D eigenvalue weighted by atomic mass is 16.1. The first kappa shape index (κ1) is 13.1. The lowest BCUT2D eigenvalue weighted by Crippen LogP contribution is -2.27. The van der Waals surface area contributed by atoms with Crippen LogP contribution in [-0.4, -0.2) is 32.8 Å². The maximum Gasteiger partial charge on any atom is 0.347 e. The molecule has 0 saturated carbocycles. The van der Waals surface area contributed by atoms with E-state index in [4.69, 9.17) is 0 Å². The van der Waals surface area contributed by atoms with Crippen molar-refractivity contribution in [1.82, 2.24) is 19.7 Å². The molecule has 5 heteroatoms. The van der Waals surface area contributed by atoms with Crippen LogP contribution in [0.2, 0.25) is 0 Å². The monoisotopic (exact) mass is 272 g/mol. The van der Waals surface area contributed by atoms with E-state index in [1.165, 1.54) is 18.4 Å². The van der Waals surface area contributed by atoms with Crippen molar-refractivity contribution in [3.63, 3.8) is 0 Å². The van der Waals surface area contributed by atoms with Crippen LogP contribution in [0.3, 0.4) is 0 Å². The standard InChI is InChI=1S/C15H20N4O/c1-11-5-7-13(8-6-11)19-14(16-17-15(19)20)12(2)18-9-3-4-10-18/h5-8,12H,3-4,9-10H2,1-2H3,(H,17,20)/t12-/m0/s1. The first-order valence-electron chi connectivity index (χ1n) is 7.15. The van der Waals surface area contributed by atoms with Gasteiger partial charge in [0.2, 0.25) is 0 Å².